The van der Waals surface area contributed by atoms with Crippen molar-refractivity contribution in [3.63, 3.8) is 0 Å². The molecule has 7 nitrogen and oxygen atoms in total. The highest BCUT2D eigenvalue weighted by Crippen LogP contribution is 2.08. The molecule has 0 saturated carbocycles. The van der Waals surface area contributed by atoms with E-state index >= 15 is 0 Å². The molecular formula is C10H15N7S. The summed E-state index contributed by atoms with van der Waals surface area (Å²) in [7, 11) is 1.78. The van der Waals surface area contributed by atoms with Crippen LogP contribution in [0, 0.1) is 0 Å². The van der Waals surface area contributed by atoms with Crippen molar-refractivity contribution in [3.8, 4) is 5.95 Å². The molecule has 0 saturated heterocycles. The zero-order valence-electron chi connectivity index (χ0n) is 10.3. The molecule has 0 amide bonds. The Balaban J connectivity index is 2.22. The third-order valence-electron chi connectivity index (χ3n) is 2.17. The molecule has 0 aromatic carbocycles. The molecule has 2 aromatic rings. The Morgan fingerprint density at radius 3 is 2.78 bits per heavy atom. The standard InChI is InChI=1S/C10H15N7S/c1-11-8-14-9(13-4-6-18-2)16-10(15-8)17-5-3-12-7-17/h3,5,7H,4,6H2,1-2H3,(H2,11,13,14,15,16). The zero-order chi connectivity index (χ0) is 12.8. The quantitative estimate of drug-likeness (QED) is 0.750. The second-order valence-corrected chi connectivity index (χ2v) is 4.41. The van der Waals surface area contributed by atoms with E-state index in [0.29, 0.717) is 17.8 Å². The van der Waals surface area contributed by atoms with Gasteiger partial charge < -0.3 is 10.6 Å². The van der Waals surface area contributed by atoms with Gasteiger partial charge in [0, 0.05) is 31.7 Å². The van der Waals surface area contributed by atoms with E-state index in [2.05, 4.69) is 36.8 Å². The SMILES string of the molecule is CNc1nc(NCCSC)nc(-n2ccnc2)n1. The highest BCUT2D eigenvalue weighted by Gasteiger charge is 2.06. The first-order valence-corrected chi connectivity index (χ1v) is 6.88. The van der Waals surface area contributed by atoms with E-state index in [0.717, 1.165) is 12.3 Å². The molecule has 2 rings (SSSR count). The molecule has 96 valence electrons. The zero-order valence-corrected chi connectivity index (χ0v) is 11.1. The predicted octanol–water partition coefficient (Wildman–Crippen LogP) is 0.874. The van der Waals surface area contributed by atoms with Crippen molar-refractivity contribution in [2.45, 2.75) is 0 Å². The van der Waals surface area contributed by atoms with E-state index in [-0.39, 0.29) is 0 Å². The molecule has 0 bridgehead atoms. The van der Waals surface area contributed by atoms with Gasteiger partial charge in [-0.15, -0.1) is 0 Å². The van der Waals surface area contributed by atoms with Crippen molar-refractivity contribution in [1.29, 1.82) is 0 Å². The summed E-state index contributed by atoms with van der Waals surface area (Å²) in [5.41, 5.74) is 0. The Hall–Kier alpha value is -1.83. The van der Waals surface area contributed by atoms with Crippen molar-refractivity contribution >= 4 is 23.7 Å². The average Bonchev–Trinajstić information content (AvgIpc) is 2.92. The van der Waals surface area contributed by atoms with Gasteiger partial charge in [0.25, 0.3) is 0 Å². The number of thioether (sulfide) groups is 1. The van der Waals surface area contributed by atoms with Gasteiger partial charge in [-0.2, -0.15) is 26.7 Å². The first-order chi connectivity index (χ1) is 8.83. The number of hydrogen-bond acceptors (Lipinski definition) is 7. The summed E-state index contributed by atoms with van der Waals surface area (Å²) in [6.07, 6.45) is 7.19. The van der Waals surface area contributed by atoms with Gasteiger partial charge in [0.1, 0.15) is 6.33 Å². The van der Waals surface area contributed by atoms with Crippen LogP contribution < -0.4 is 10.6 Å². The number of hydrogen-bond donors (Lipinski definition) is 2. The van der Waals surface area contributed by atoms with Crippen LogP contribution in [0.2, 0.25) is 0 Å². The highest BCUT2D eigenvalue weighted by molar-refractivity contribution is 7.98. The maximum Gasteiger partial charge on any atom is 0.241 e. The van der Waals surface area contributed by atoms with Crippen molar-refractivity contribution < 1.29 is 0 Å². The summed E-state index contributed by atoms with van der Waals surface area (Å²) in [5, 5.41) is 6.08. The third-order valence-corrected chi connectivity index (χ3v) is 2.78. The molecule has 0 fully saturated rings. The Bertz CT molecular complexity index is 485. The van der Waals surface area contributed by atoms with Crippen LogP contribution >= 0.6 is 11.8 Å². The van der Waals surface area contributed by atoms with Crippen molar-refractivity contribution in [1.82, 2.24) is 24.5 Å². The van der Waals surface area contributed by atoms with E-state index in [1.807, 2.05) is 0 Å². The topological polar surface area (TPSA) is 80.5 Å². The molecule has 0 aliphatic carbocycles. The average molecular weight is 265 g/mol. The summed E-state index contributed by atoms with van der Waals surface area (Å²) >= 11 is 1.77. The smallest absolute Gasteiger partial charge is 0.241 e. The van der Waals surface area contributed by atoms with E-state index in [1.165, 1.54) is 0 Å². The summed E-state index contributed by atoms with van der Waals surface area (Å²) < 4.78 is 1.74. The molecule has 0 aliphatic heterocycles. The maximum absolute atomic E-state index is 4.34. The lowest BCUT2D eigenvalue weighted by molar-refractivity contribution is 0.895. The minimum Gasteiger partial charge on any atom is -0.357 e. The van der Waals surface area contributed by atoms with Gasteiger partial charge in [-0.3, -0.25) is 4.57 Å². The summed E-state index contributed by atoms with van der Waals surface area (Å²) in [5.74, 6) is 2.63. The molecule has 2 N–H and O–H groups in total. The Kier molecular flexibility index (Phi) is 4.35. The summed E-state index contributed by atoms with van der Waals surface area (Å²) in [6.45, 7) is 0.817. The lowest BCUT2D eigenvalue weighted by Gasteiger charge is -2.08. The number of nitrogens with one attached hydrogen (secondary N) is 2. The van der Waals surface area contributed by atoms with Crippen LogP contribution in [0.1, 0.15) is 0 Å². The normalized spacial score (nSPS) is 10.3. The van der Waals surface area contributed by atoms with E-state index in [9.17, 15) is 0 Å². The molecular weight excluding hydrogens is 250 g/mol. The molecule has 0 spiro atoms. The summed E-state index contributed by atoms with van der Waals surface area (Å²) in [6, 6.07) is 0. The van der Waals surface area contributed by atoms with Gasteiger partial charge in [-0.1, -0.05) is 0 Å². The van der Waals surface area contributed by atoms with Crippen molar-refractivity contribution in [2.75, 3.05) is 36.2 Å². The van der Waals surface area contributed by atoms with Crippen LogP contribution in [-0.4, -0.2) is 50.1 Å². The molecule has 0 radical (unpaired) electrons. The largest absolute Gasteiger partial charge is 0.357 e. The van der Waals surface area contributed by atoms with Crippen LogP contribution in [0.5, 0.6) is 0 Å². The maximum atomic E-state index is 4.34. The van der Waals surface area contributed by atoms with Gasteiger partial charge in [0.05, 0.1) is 0 Å². The fourth-order valence-electron chi connectivity index (χ4n) is 1.31. The fourth-order valence-corrected chi connectivity index (χ4v) is 1.62. The van der Waals surface area contributed by atoms with Crippen molar-refractivity contribution in [2.24, 2.45) is 0 Å². The lowest BCUT2D eigenvalue weighted by Crippen LogP contribution is -2.12. The molecule has 18 heavy (non-hydrogen) atoms. The fraction of sp³-hybridized carbons (Fsp3) is 0.400. The van der Waals surface area contributed by atoms with Gasteiger partial charge in [0.2, 0.25) is 17.8 Å². The molecule has 2 heterocycles. The van der Waals surface area contributed by atoms with E-state index < -0.39 is 0 Å². The second kappa shape index (κ2) is 6.20. The molecule has 0 atom stereocenters. The van der Waals surface area contributed by atoms with Gasteiger partial charge in [-0.25, -0.2) is 4.98 Å². The number of aromatic nitrogens is 5. The van der Waals surface area contributed by atoms with Gasteiger partial charge in [-0.05, 0) is 6.26 Å². The van der Waals surface area contributed by atoms with Crippen LogP contribution in [-0.2, 0) is 0 Å². The van der Waals surface area contributed by atoms with E-state index in [1.54, 1.807) is 42.1 Å². The minimum atomic E-state index is 0.528. The Morgan fingerprint density at radius 1 is 1.28 bits per heavy atom. The van der Waals surface area contributed by atoms with E-state index in [4.69, 9.17) is 0 Å². The minimum absolute atomic E-state index is 0.528. The van der Waals surface area contributed by atoms with Crippen LogP contribution in [0.25, 0.3) is 5.95 Å². The molecule has 8 heteroatoms. The van der Waals surface area contributed by atoms with Crippen LogP contribution in [0.15, 0.2) is 18.7 Å². The van der Waals surface area contributed by atoms with Gasteiger partial charge in [0.15, 0.2) is 0 Å². The first kappa shape index (κ1) is 12.6. The Labute approximate surface area is 109 Å². The monoisotopic (exact) mass is 265 g/mol. The number of nitrogens with zero attached hydrogens (tertiary/aromatic N) is 5. The number of imidazole rings is 1. The summed E-state index contributed by atoms with van der Waals surface area (Å²) in [4.78, 5) is 16.8. The third kappa shape index (κ3) is 3.10. The first-order valence-electron chi connectivity index (χ1n) is 5.48. The van der Waals surface area contributed by atoms with Crippen molar-refractivity contribution in [3.05, 3.63) is 18.7 Å². The van der Waals surface area contributed by atoms with Crippen LogP contribution in [0.4, 0.5) is 11.9 Å². The Morgan fingerprint density at radius 2 is 2.11 bits per heavy atom. The molecule has 0 unspecified atom stereocenters. The lowest BCUT2D eigenvalue weighted by atomic mass is 10.7. The molecule has 0 aliphatic rings. The highest BCUT2D eigenvalue weighted by atomic mass is 32.2. The number of anilines is 2. The molecule has 2 aromatic heterocycles. The number of rotatable bonds is 6. The van der Waals surface area contributed by atoms with Gasteiger partial charge >= 0.3 is 0 Å². The second-order valence-electron chi connectivity index (χ2n) is 3.42. The predicted molar refractivity (Wildman–Crippen MR) is 73.4 cm³/mol. The van der Waals surface area contributed by atoms with Crippen LogP contribution in [0.3, 0.4) is 0 Å².